The van der Waals surface area contributed by atoms with Gasteiger partial charge in [-0.2, -0.15) is 15.0 Å². The smallest absolute Gasteiger partial charge is 0.262 e. The zero-order valence-electron chi connectivity index (χ0n) is 19.5. The number of anilines is 3. The molecule has 36 heavy (non-hydrogen) atoms. The Kier molecular flexibility index (Phi) is 6.76. The summed E-state index contributed by atoms with van der Waals surface area (Å²) in [6.45, 7) is 0.403. The molecule has 2 heterocycles. The number of nitrogens with two attached hydrogens (primary N) is 1. The first-order valence-corrected chi connectivity index (χ1v) is 12.2. The van der Waals surface area contributed by atoms with Crippen molar-refractivity contribution in [1.29, 1.82) is 0 Å². The zero-order valence-corrected chi connectivity index (χ0v) is 20.3. The fourth-order valence-corrected chi connectivity index (χ4v) is 4.57. The molecule has 0 amide bonds. The Morgan fingerprint density at radius 2 is 1.67 bits per heavy atom. The molecule has 0 saturated heterocycles. The van der Waals surface area contributed by atoms with E-state index in [9.17, 15) is 4.79 Å². The van der Waals surface area contributed by atoms with Gasteiger partial charge in [0.15, 0.2) is 5.16 Å². The maximum Gasteiger partial charge on any atom is 0.262 e. The number of nitrogen functional groups attached to an aromatic ring is 1. The molecule has 0 unspecified atom stereocenters. The predicted molar refractivity (Wildman–Crippen MR) is 142 cm³/mol. The van der Waals surface area contributed by atoms with Crippen molar-refractivity contribution in [3.63, 3.8) is 0 Å². The summed E-state index contributed by atoms with van der Waals surface area (Å²) < 4.78 is 7.06. The molecular formula is C26H23N7O2S. The lowest BCUT2D eigenvalue weighted by atomic mass is 10.2. The number of benzene rings is 3. The van der Waals surface area contributed by atoms with Crippen molar-refractivity contribution in [1.82, 2.24) is 24.5 Å². The van der Waals surface area contributed by atoms with Gasteiger partial charge in [0.2, 0.25) is 11.9 Å². The highest BCUT2D eigenvalue weighted by atomic mass is 32.2. The number of fused-ring (bicyclic) bond motifs is 1. The molecule has 10 heteroatoms. The number of nitrogens with one attached hydrogen (secondary N) is 1. The molecule has 0 aliphatic heterocycles. The summed E-state index contributed by atoms with van der Waals surface area (Å²) in [5.41, 5.74) is 8.23. The Morgan fingerprint density at radius 3 is 2.50 bits per heavy atom. The van der Waals surface area contributed by atoms with Crippen LogP contribution in [0.4, 0.5) is 17.6 Å². The number of rotatable bonds is 8. The van der Waals surface area contributed by atoms with Gasteiger partial charge in [-0.15, -0.1) is 0 Å². The third-order valence-corrected chi connectivity index (χ3v) is 6.37. The van der Waals surface area contributed by atoms with Crippen LogP contribution in [0.1, 0.15) is 11.4 Å². The number of methoxy groups -OCH3 is 1. The molecule has 5 aromatic rings. The Balaban J connectivity index is 1.45. The highest BCUT2D eigenvalue weighted by Gasteiger charge is 2.14. The van der Waals surface area contributed by atoms with Crippen LogP contribution in [0.15, 0.2) is 88.8 Å². The average molecular weight is 498 g/mol. The molecule has 0 saturated carbocycles. The molecule has 0 bridgehead atoms. The maximum atomic E-state index is 13.4. The lowest BCUT2D eigenvalue weighted by Crippen LogP contribution is -2.24. The van der Waals surface area contributed by atoms with Crippen LogP contribution in [0.3, 0.4) is 0 Å². The molecule has 0 fully saturated rings. The minimum atomic E-state index is -0.0966. The number of nitrogens with zero attached hydrogens (tertiary/aromatic N) is 5. The normalized spacial score (nSPS) is 10.9. The summed E-state index contributed by atoms with van der Waals surface area (Å²) in [5.74, 6) is 1.84. The van der Waals surface area contributed by atoms with E-state index >= 15 is 0 Å². The van der Waals surface area contributed by atoms with Crippen LogP contribution in [-0.4, -0.2) is 31.6 Å². The van der Waals surface area contributed by atoms with E-state index in [4.69, 9.17) is 15.5 Å². The zero-order chi connectivity index (χ0) is 24.9. The van der Waals surface area contributed by atoms with Crippen molar-refractivity contribution in [2.75, 3.05) is 18.2 Å². The number of hydrogen-bond acceptors (Lipinski definition) is 9. The third kappa shape index (κ3) is 5.13. The molecule has 9 nitrogen and oxygen atoms in total. The van der Waals surface area contributed by atoms with Crippen LogP contribution in [0.5, 0.6) is 5.75 Å². The summed E-state index contributed by atoms with van der Waals surface area (Å²) in [6, 6.07) is 24.6. The summed E-state index contributed by atoms with van der Waals surface area (Å²) in [4.78, 5) is 31.1. The van der Waals surface area contributed by atoms with Crippen LogP contribution in [-0.2, 0) is 12.3 Å². The Morgan fingerprint density at radius 1 is 0.917 bits per heavy atom. The van der Waals surface area contributed by atoms with E-state index in [-0.39, 0.29) is 11.5 Å². The summed E-state index contributed by atoms with van der Waals surface area (Å²) in [7, 11) is 1.59. The van der Waals surface area contributed by atoms with Gasteiger partial charge in [0.1, 0.15) is 11.6 Å². The van der Waals surface area contributed by atoms with Crippen molar-refractivity contribution in [2.24, 2.45) is 0 Å². The molecule has 3 aromatic carbocycles. The van der Waals surface area contributed by atoms with Crippen molar-refractivity contribution in [3.05, 3.63) is 101 Å². The minimum Gasteiger partial charge on any atom is -0.495 e. The molecule has 0 spiro atoms. The monoisotopic (exact) mass is 497 g/mol. The Hall–Kier alpha value is -4.44. The molecule has 0 atom stereocenters. The van der Waals surface area contributed by atoms with Crippen LogP contribution in [0.25, 0.3) is 10.9 Å². The molecular weight excluding hydrogens is 474 g/mol. The first kappa shape index (κ1) is 23.3. The first-order chi connectivity index (χ1) is 17.6. The molecule has 3 N–H and O–H groups in total. The van der Waals surface area contributed by atoms with Gasteiger partial charge in [-0.3, -0.25) is 9.36 Å². The van der Waals surface area contributed by atoms with Crippen molar-refractivity contribution in [2.45, 2.75) is 17.5 Å². The molecule has 180 valence electrons. The lowest BCUT2D eigenvalue weighted by Gasteiger charge is -2.13. The van der Waals surface area contributed by atoms with E-state index < -0.39 is 0 Å². The van der Waals surface area contributed by atoms with Crippen LogP contribution >= 0.6 is 11.8 Å². The van der Waals surface area contributed by atoms with Crippen molar-refractivity contribution >= 4 is 40.2 Å². The van der Waals surface area contributed by atoms with Crippen LogP contribution < -0.4 is 21.3 Å². The molecule has 0 aliphatic carbocycles. The second-order valence-corrected chi connectivity index (χ2v) is 8.78. The number of thioether (sulfide) groups is 1. The Bertz CT molecular complexity index is 1570. The third-order valence-electron chi connectivity index (χ3n) is 5.39. The van der Waals surface area contributed by atoms with Crippen LogP contribution in [0.2, 0.25) is 0 Å². The van der Waals surface area contributed by atoms with E-state index in [1.807, 2.05) is 72.8 Å². The summed E-state index contributed by atoms with van der Waals surface area (Å²) >= 11 is 1.37. The summed E-state index contributed by atoms with van der Waals surface area (Å²) in [5, 5.41) is 4.28. The second kappa shape index (κ2) is 10.4. The standard InChI is InChI=1S/C26H23N7O2S/c1-35-21-14-8-7-13-20(21)28-25-31-22(30-24(27)32-25)16-36-26-29-19-12-6-5-11-18(19)23(34)33(26)15-17-9-3-2-4-10-17/h2-14H,15-16H2,1H3,(H3,27,28,30,31,32). The highest BCUT2D eigenvalue weighted by Crippen LogP contribution is 2.27. The van der Waals surface area contributed by atoms with Crippen molar-refractivity contribution < 1.29 is 4.74 Å². The van der Waals surface area contributed by atoms with Gasteiger partial charge in [-0.1, -0.05) is 66.4 Å². The van der Waals surface area contributed by atoms with Crippen molar-refractivity contribution in [3.8, 4) is 5.75 Å². The second-order valence-electron chi connectivity index (χ2n) is 7.84. The van der Waals surface area contributed by atoms with Gasteiger partial charge >= 0.3 is 0 Å². The number of aromatic nitrogens is 5. The SMILES string of the molecule is COc1ccccc1Nc1nc(N)nc(CSc2nc3ccccc3c(=O)n2Cc2ccccc2)n1. The highest BCUT2D eigenvalue weighted by molar-refractivity contribution is 7.98. The van der Waals surface area contributed by atoms with Gasteiger partial charge < -0.3 is 15.8 Å². The molecule has 5 rings (SSSR count). The summed E-state index contributed by atoms with van der Waals surface area (Å²) in [6.07, 6.45) is 0. The lowest BCUT2D eigenvalue weighted by molar-refractivity contribution is 0.417. The number of ether oxygens (including phenoxy) is 1. The quantitative estimate of drug-likeness (QED) is 0.239. The van der Waals surface area contributed by atoms with E-state index in [0.29, 0.717) is 51.6 Å². The molecule has 2 aromatic heterocycles. The van der Waals surface area contributed by atoms with E-state index in [0.717, 1.165) is 5.56 Å². The van der Waals surface area contributed by atoms with Gasteiger partial charge in [0, 0.05) is 0 Å². The minimum absolute atomic E-state index is 0.0890. The molecule has 0 radical (unpaired) electrons. The fraction of sp³-hybridized carbons (Fsp3) is 0.115. The Labute approximate surface area is 211 Å². The number of hydrogen-bond donors (Lipinski definition) is 2. The van der Waals surface area contributed by atoms with Gasteiger partial charge in [0.05, 0.1) is 36.0 Å². The van der Waals surface area contributed by atoms with Gasteiger partial charge in [-0.05, 0) is 29.8 Å². The topological polar surface area (TPSA) is 121 Å². The van der Waals surface area contributed by atoms with Gasteiger partial charge in [-0.25, -0.2) is 4.98 Å². The largest absolute Gasteiger partial charge is 0.495 e. The van der Waals surface area contributed by atoms with E-state index in [1.54, 1.807) is 17.7 Å². The van der Waals surface area contributed by atoms with Gasteiger partial charge in [0.25, 0.3) is 5.56 Å². The average Bonchev–Trinajstić information content (AvgIpc) is 2.90. The number of para-hydroxylation sites is 3. The van der Waals surface area contributed by atoms with Crippen LogP contribution in [0, 0.1) is 0 Å². The maximum absolute atomic E-state index is 13.4. The van der Waals surface area contributed by atoms with E-state index in [2.05, 4.69) is 20.3 Å². The molecule has 0 aliphatic rings. The van der Waals surface area contributed by atoms with E-state index in [1.165, 1.54) is 11.8 Å². The predicted octanol–water partition coefficient (Wildman–Crippen LogP) is 4.26. The fourth-order valence-electron chi connectivity index (χ4n) is 3.72. The first-order valence-electron chi connectivity index (χ1n) is 11.2.